The normalized spacial score (nSPS) is 27.6. The lowest BCUT2D eigenvalue weighted by atomic mass is 10.2. The zero-order valence-corrected chi connectivity index (χ0v) is 10.4. The van der Waals surface area contributed by atoms with Gasteiger partial charge >= 0.3 is 0 Å². The molecule has 16 heavy (non-hydrogen) atoms. The van der Waals surface area contributed by atoms with E-state index in [9.17, 15) is 8.42 Å². The summed E-state index contributed by atoms with van der Waals surface area (Å²) >= 11 is 0. The first-order chi connectivity index (χ1) is 7.68. The zero-order chi connectivity index (χ0) is 11.4. The highest BCUT2D eigenvalue weighted by Crippen LogP contribution is 2.12. The van der Waals surface area contributed by atoms with Crippen LogP contribution in [0.25, 0.3) is 0 Å². The highest BCUT2D eigenvalue weighted by atomic mass is 32.2. The average Bonchev–Trinajstić information content (AvgIpc) is 2.90. The average molecular weight is 247 g/mol. The highest BCUT2D eigenvalue weighted by molar-refractivity contribution is 7.87. The molecule has 2 aliphatic heterocycles. The molecular weight excluding hydrogens is 226 g/mol. The molecule has 0 aromatic rings. The van der Waals surface area contributed by atoms with Gasteiger partial charge in [-0.2, -0.15) is 12.7 Å². The highest BCUT2D eigenvalue weighted by Gasteiger charge is 2.24. The van der Waals surface area contributed by atoms with E-state index in [0.29, 0.717) is 25.7 Å². The fraction of sp³-hybridized carbons (Fsp3) is 1.00. The second-order valence-corrected chi connectivity index (χ2v) is 6.34. The Morgan fingerprint density at radius 2 is 2.00 bits per heavy atom. The van der Waals surface area contributed by atoms with Crippen molar-refractivity contribution in [1.29, 1.82) is 0 Å². The molecule has 0 aliphatic carbocycles. The van der Waals surface area contributed by atoms with Crippen LogP contribution in [0.15, 0.2) is 0 Å². The maximum absolute atomic E-state index is 11.8. The van der Waals surface area contributed by atoms with E-state index >= 15 is 0 Å². The third-order valence-electron chi connectivity index (χ3n) is 3.34. The molecule has 0 unspecified atom stereocenters. The summed E-state index contributed by atoms with van der Waals surface area (Å²) in [6.07, 6.45) is 5.26. The first kappa shape index (κ1) is 12.3. The maximum atomic E-state index is 11.8. The molecular formula is C10H21N3O2S. The number of nitrogens with one attached hydrogen (secondary N) is 2. The minimum absolute atomic E-state index is 0.501. The van der Waals surface area contributed by atoms with Crippen molar-refractivity contribution in [2.24, 2.45) is 0 Å². The molecule has 0 radical (unpaired) electrons. The van der Waals surface area contributed by atoms with E-state index in [2.05, 4.69) is 10.0 Å². The lowest BCUT2D eigenvalue weighted by Gasteiger charge is -2.17. The summed E-state index contributed by atoms with van der Waals surface area (Å²) in [7, 11) is -3.20. The molecule has 0 saturated carbocycles. The van der Waals surface area contributed by atoms with Gasteiger partial charge in [0.05, 0.1) is 0 Å². The smallest absolute Gasteiger partial charge is 0.279 e. The molecule has 2 rings (SSSR count). The van der Waals surface area contributed by atoms with E-state index in [4.69, 9.17) is 0 Å². The van der Waals surface area contributed by atoms with Gasteiger partial charge in [-0.05, 0) is 38.6 Å². The molecule has 2 saturated heterocycles. The van der Waals surface area contributed by atoms with Crippen LogP contribution in [-0.4, -0.2) is 44.9 Å². The summed E-state index contributed by atoms with van der Waals surface area (Å²) < 4.78 is 27.8. The topological polar surface area (TPSA) is 61.4 Å². The fourth-order valence-electron chi connectivity index (χ4n) is 2.39. The molecule has 5 nitrogen and oxygen atoms in total. The van der Waals surface area contributed by atoms with Crippen LogP contribution >= 0.6 is 0 Å². The minimum atomic E-state index is -3.20. The Morgan fingerprint density at radius 3 is 2.62 bits per heavy atom. The molecule has 94 valence electrons. The van der Waals surface area contributed by atoms with Crippen molar-refractivity contribution in [3.63, 3.8) is 0 Å². The lowest BCUT2D eigenvalue weighted by Crippen LogP contribution is -2.40. The van der Waals surface area contributed by atoms with Crippen molar-refractivity contribution < 1.29 is 8.42 Å². The molecule has 2 N–H and O–H groups in total. The van der Waals surface area contributed by atoms with Crippen LogP contribution in [0.4, 0.5) is 0 Å². The second kappa shape index (κ2) is 5.44. The molecule has 0 spiro atoms. The molecule has 0 amide bonds. The maximum Gasteiger partial charge on any atom is 0.279 e. The number of hydrogen-bond acceptors (Lipinski definition) is 3. The third-order valence-corrected chi connectivity index (χ3v) is 4.96. The Bertz CT molecular complexity index is 306. The van der Waals surface area contributed by atoms with Crippen LogP contribution in [0.3, 0.4) is 0 Å². The van der Waals surface area contributed by atoms with Gasteiger partial charge in [0.15, 0.2) is 0 Å². The van der Waals surface area contributed by atoms with Crippen LogP contribution in [0, 0.1) is 0 Å². The quantitative estimate of drug-likeness (QED) is 0.722. The first-order valence-corrected chi connectivity index (χ1v) is 7.60. The summed E-state index contributed by atoms with van der Waals surface area (Å²) in [5.41, 5.74) is 0. The molecule has 1 atom stereocenters. The van der Waals surface area contributed by atoms with Gasteiger partial charge in [0.1, 0.15) is 0 Å². The van der Waals surface area contributed by atoms with Crippen LogP contribution in [0.5, 0.6) is 0 Å². The SMILES string of the molecule is O=S(=O)(NCC[C@@H]1CCCN1)N1CCCC1. The van der Waals surface area contributed by atoms with Gasteiger partial charge in [0.25, 0.3) is 10.2 Å². The molecule has 6 heteroatoms. The Hall–Kier alpha value is -0.170. The molecule has 2 fully saturated rings. The van der Waals surface area contributed by atoms with Gasteiger partial charge < -0.3 is 5.32 Å². The van der Waals surface area contributed by atoms with E-state index in [1.165, 1.54) is 12.8 Å². The standard InChI is InChI=1S/C10H21N3O2S/c14-16(15,13-8-1-2-9-13)12-7-5-10-4-3-6-11-10/h10-12H,1-9H2/t10-/m0/s1. The van der Waals surface area contributed by atoms with Gasteiger partial charge in [0.2, 0.25) is 0 Å². The zero-order valence-electron chi connectivity index (χ0n) is 9.61. The monoisotopic (exact) mass is 247 g/mol. The molecule has 2 heterocycles. The van der Waals surface area contributed by atoms with Gasteiger partial charge in [-0.25, -0.2) is 4.72 Å². The summed E-state index contributed by atoms with van der Waals surface area (Å²) in [6.45, 7) is 2.98. The number of rotatable bonds is 5. The van der Waals surface area contributed by atoms with E-state index in [0.717, 1.165) is 25.8 Å². The van der Waals surface area contributed by atoms with Gasteiger partial charge in [-0.3, -0.25) is 0 Å². The Labute approximate surface area is 97.8 Å². The fourth-order valence-corrected chi connectivity index (χ4v) is 3.68. The van der Waals surface area contributed by atoms with Crippen molar-refractivity contribution in [3.8, 4) is 0 Å². The van der Waals surface area contributed by atoms with Crippen LogP contribution in [0.1, 0.15) is 32.1 Å². The Kier molecular flexibility index (Phi) is 4.18. The predicted octanol–water partition coefficient (Wildman–Crippen LogP) is 0.0587. The van der Waals surface area contributed by atoms with Crippen LogP contribution in [0.2, 0.25) is 0 Å². The van der Waals surface area contributed by atoms with Crippen LogP contribution < -0.4 is 10.0 Å². The molecule has 2 aliphatic rings. The van der Waals surface area contributed by atoms with Gasteiger partial charge in [0, 0.05) is 25.7 Å². The van der Waals surface area contributed by atoms with Gasteiger partial charge in [-0.15, -0.1) is 0 Å². The van der Waals surface area contributed by atoms with E-state index in [1.807, 2.05) is 0 Å². The van der Waals surface area contributed by atoms with Crippen molar-refractivity contribution in [3.05, 3.63) is 0 Å². The van der Waals surface area contributed by atoms with Crippen molar-refractivity contribution in [2.45, 2.75) is 38.1 Å². The summed E-state index contributed by atoms with van der Waals surface area (Å²) in [5.74, 6) is 0. The summed E-state index contributed by atoms with van der Waals surface area (Å²) in [5, 5.41) is 3.36. The number of nitrogens with zero attached hydrogens (tertiary/aromatic N) is 1. The molecule has 0 aromatic carbocycles. The molecule has 0 aromatic heterocycles. The van der Waals surface area contributed by atoms with E-state index in [-0.39, 0.29) is 0 Å². The first-order valence-electron chi connectivity index (χ1n) is 6.16. The van der Waals surface area contributed by atoms with Crippen LogP contribution in [-0.2, 0) is 10.2 Å². The van der Waals surface area contributed by atoms with Crippen molar-refractivity contribution in [2.75, 3.05) is 26.2 Å². The van der Waals surface area contributed by atoms with Gasteiger partial charge in [-0.1, -0.05) is 0 Å². The third kappa shape index (κ3) is 3.16. The summed E-state index contributed by atoms with van der Waals surface area (Å²) in [4.78, 5) is 0. The van der Waals surface area contributed by atoms with Crippen molar-refractivity contribution in [1.82, 2.24) is 14.3 Å². The number of hydrogen-bond donors (Lipinski definition) is 2. The largest absolute Gasteiger partial charge is 0.314 e. The molecule has 0 bridgehead atoms. The Balaban J connectivity index is 1.71. The lowest BCUT2D eigenvalue weighted by molar-refractivity contribution is 0.459. The van der Waals surface area contributed by atoms with E-state index < -0.39 is 10.2 Å². The minimum Gasteiger partial charge on any atom is -0.314 e. The predicted molar refractivity (Wildman–Crippen MR) is 63.4 cm³/mol. The second-order valence-electron chi connectivity index (χ2n) is 4.59. The van der Waals surface area contributed by atoms with E-state index in [1.54, 1.807) is 4.31 Å². The summed E-state index contributed by atoms with van der Waals surface area (Å²) in [6, 6.07) is 0.501. The van der Waals surface area contributed by atoms with Crippen molar-refractivity contribution >= 4 is 10.2 Å². The Morgan fingerprint density at radius 1 is 1.25 bits per heavy atom.